The summed E-state index contributed by atoms with van der Waals surface area (Å²) in [5, 5.41) is 15.7. The van der Waals surface area contributed by atoms with E-state index in [2.05, 4.69) is 43.0 Å². The third kappa shape index (κ3) is 5.93. The SMILES string of the molecule is CC(C)N(Cc1c(-c2ccccc2)nn(C)c1Oc1ccccc1)CC(O)Cc1ccccc1. The topological polar surface area (TPSA) is 50.5 Å². The predicted molar refractivity (Wildman–Crippen MR) is 137 cm³/mol. The van der Waals surface area contributed by atoms with Gasteiger partial charge in [-0.25, -0.2) is 4.68 Å². The van der Waals surface area contributed by atoms with E-state index in [0.717, 1.165) is 28.1 Å². The van der Waals surface area contributed by atoms with E-state index >= 15 is 0 Å². The van der Waals surface area contributed by atoms with E-state index in [-0.39, 0.29) is 6.04 Å². The summed E-state index contributed by atoms with van der Waals surface area (Å²) in [5.41, 5.74) is 4.10. The molecule has 1 aromatic heterocycles. The van der Waals surface area contributed by atoms with Gasteiger partial charge in [-0.1, -0.05) is 78.9 Å². The van der Waals surface area contributed by atoms with Crippen LogP contribution in [0.2, 0.25) is 0 Å². The van der Waals surface area contributed by atoms with Crippen LogP contribution in [0, 0.1) is 0 Å². The van der Waals surface area contributed by atoms with Crippen LogP contribution in [0.3, 0.4) is 0 Å². The molecule has 0 amide bonds. The maximum absolute atomic E-state index is 10.9. The van der Waals surface area contributed by atoms with E-state index in [4.69, 9.17) is 9.84 Å². The lowest BCUT2D eigenvalue weighted by molar-refractivity contribution is 0.0904. The fourth-order valence-electron chi connectivity index (χ4n) is 4.13. The summed E-state index contributed by atoms with van der Waals surface area (Å²) in [4.78, 5) is 2.29. The van der Waals surface area contributed by atoms with Gasteiger partial charge in [0, 0.05) is 31.7 Å². The molecule has 0 aliphatic rings. The molecule has 1 heterocycles. The zero-order chi connectivity index (χ0) is 23.9. The molecule has 4 rings (SSSR count). The summed E-state index contributed by atoms with van der Waals surface area (Å²) in [5.74, 6) is 1.49. The van der Waals surface area contributed by atoms with Gasteiger partial charge in [0.25, 0.3) is 0 Å². The number of hydrogen-bond acceptors (Lipinski definition) is 4. The Bertz CT molecular complexity index is 1160. The molecule has 4 aromatic rings. The number of aliphatic hydroxyl groups excluding tert-OH is 1. The molecule has 1 unspecified atom stereocenters. The van der Waals surface area contributed by atoms with Crippen LogP contribution >= 0.6 is 0 Å². The second-order valence-corrected chi connectivity index (χ2v) is 8.90. The zero-order valence-corrected chi connectivity index (χ0v) is 20.1. The third-order valence-corrected chi connectivity index (χ3v) is 5.94. The minimum absolute atomic E-state index is 0.235. The van der Waals surface area contributed by atoms with Crippen LogP contribution < -0.4 is 4.74 Å². The van der Waals surface area contributed by atoms with Crippen LogP contribution in [0.25, 0.3) is 11.3 Å². The van der Waals surface area contributed by atoms with Crippen LogP contribution in [-0.2, 0) is 20.0 Å². The first-order valence-corrected chi connectivity index (χ1v) is 11.8. The molecule has 1 atom stereocenters. The smallest absolute Gasteiger partial charge is 0.222 e. The average Bonchev–Trinajstić information content (AvgIpc) is 3.15. The Morgan fingerprint density at radius 1 is 0.882 bits per heavy atom. The maximum atomic E-state index is 10.9. The van der Waals surface area contributed by atoms with Gasteiger partial charge in [0.2, 0.25) is 5.88 Å². The van der Waals surface area contributed by atoms with Crippen LogP contribution in [0.15, 0.2) is 91.0 Å². The molecular formula is C29H33N3O2. The lowest BCUT2D eigenvalue weighted by Gasteiger charge is -2.29. The molecule has 0 aliphatic carbocycles. The molecule has 0 saturated carbocycles. The predicted octanol–water partition coefficient (Wildman–Crippen LogP) is 5.69. The molecule has 34 heavy (non-hydrogen) atoms. The van der Waals surface area contributed by atoms with Crippen molar-refractivity contribution in [2.45, 2.75) is 39.0 Å². The highest BCUT2D eigenvalue weighted by molar-refractivity contribution is 5.65. The van der Waals surface area contributed by atoms with Crippen molar-refractivity contribution in [2.24, 2.45) is 7.05 Å². The number of hydrogen-bond donors (Lipinski definition) is 1. The number of aryl methyl sites for hydroxylation is 1. The number of benzene rings is 3. The van der Waals surface area contributed by atoms with Crippen LogP contribution in [0.1, 0.15) is 25.0 Å². The second kappa shape index (κ2) is 11.1. The summed E-state index contributed by atoms with van der Waals surface area (Å²) in [7, 11) is 1.91. The minimum atomic E-state index is -0.472. The van der Waals surface area contributed by atoms with Crippen molar-refractivity contribution in [3.05, 3.63) is 102 Å². The third-order valence-electron chi connectivity index (χ3n) is 5.94. The van der Waals surface area contributed by atoms with Gasteiger partial charge in [-0.3, -0.25) is 4.90 Å². The largest absolute Gasteiger partial charge is 0.439 e. The fraction of sp³-hybridized carbons (Fsp3) is 0.276. The molecule has 0 radical (unpaired) electrons. The summed E-state index contributed by atoms with van der Waals surface area (Å²) >= 11 is 0. The zero-order valence-electron chi connectivity index (χ0n) is 20.1. The Hall–Kier alpha value is -3.41. The number of nitrogens with zero attached hydrogens (tertiary/aromatic N) is 3. The molecule has 3 aromatic carbocycles. The normalized spacial score (nSPS) is 12.3. The van der Waals surface area contributed by atoms with Gasteiger partial charge in [0.1, 0.15) is 11.4 Å². The Labute approximate surface area is 202 Å². The van der Waals surface area contributed by atoms with E-state index < -0.39 is 6.10 Å². The van der Waals surface area contributed by atoms with Gasteiger partial charge in [0.15, 0.2) is 0 Å². The van der Waals surface area contributed by atoms with Gasteiger partial charge < -0.3 is 9.84 Å². The molecule has 0 saturated heterocycles. The van der Waals surface area contributed by atoms with Gasteiger partial charge in [-0.2, -0.15) is 5.10 Å². The van der Waals surface area contributed by atoms with Gasteiger partial charge in [-0.05, 0) is 38.0 Å². The van der Waals surface area contributed by atoms with Crippen molar-refractivity contribution in [3.63, 3.8) is 0 Å². The van der Waals surface area contributed by atoms with Gasteiger partial charge in [0.05, 0.1) is 11.7 Å². The lowest BCUT2D eigenvalue weighted by Crippen LogP contribution is -2.38. The minimum Gasteiger partial charge on any atom is -0.439 e. The van der Waals surface area contributed by atoms with E-state index in [1.165, 1.54) is 0 Å². The Morgan fingerprint density at radius 3 is 2.09 bits per heavy atom. The van der Waals surface area contributed by atoms with Crippen LogP contribution in [0.5, 0.6) is 11.6 Å². The fourth-order valence-corrected chi connectivity index (χ4v) is 4.13. The number of para-hydroxylation sites is 1. The quantitative estimate of drug-likeness (QED) is 0.334. The standard InChI is InChI=1S/C29H33N3O2/c1-22(2)32(20-25(33)19-23-13-7-4-8-14-23)21-27-28(24-15-9-5-10-16-24)30-31(3)29(27)34-26-17-11-6-12-18-26/h4-18,22,25,33H,19-21H2,1-3H3. The van der Waals surface area contributed by atoms with Crippen molar-refractivity contribution in [1.29, 1.82) is 0 Å². The molecule has 5 heteroatoms. The van der Waals surface area contributed by atoms with Gasteiger partial charge >= 0.3 is 0 Å². The number of aliphatic hydroxyl groups is 1. The van der Waals surface area contributed by atoms with E-state index in [0.29, 0.717) is 25.4 Å². The lowest BCUT2D eigenvalue weighted by atomic mass is 10.0. The van der Waals surface area contributed by atoms with E-state index in [1.807, 2.05) is 78.5 Å². The molecule has 1 N–H and O–H groups in total. The van der Waals surface area contributed by atoms with Crippen LogP contribution in [0.4, 0.5) is 0 Å². The van der Waals surface area contributed by atoms with Crippen molar-refractivity contribution < 1.29 is 9.84 Å². The second-order valence-electron chi connectivity index (χ2n) is 8.90. The van der Waals surface area contributed by atoms with E-state index in [9.17, 15) is 5.11 Å². The van der Waals surface area contributed by atoms with Crippen LogP contribution in [-0.4, -0.2) is 38.5 Å². The number of aromatic nitrogens is 2. The summed E-state index contributed by atoms with van der Waals surface area (Å²) in [6.45, 7) is 5.49. The molecule has 0 aliphatic heterocycles. The Balaban J connectivity index is 1.64. The van der Waals surface area contributed by atoms with Crippen molar-refractivity contribution in [2.75, 3.05) is 6.54 Å². The summed E-state index contributed by atoms with van der Waals surface area (Å²) < 4.78 is 8.14. The highest BCUT2D eigenvalue weighted by Gasteiger charge is 2.24. The molecule has 0 fully saturated rings. The first-order valence-electron chi connectivity index (χ1n) is 11.8. The van der Waals surface area contributed by atoms with Gasteiger partial charge in [-0.15, -0.1) is 0 Å². The highest BCUT2D eigenvalue weighted by Crippen LogP contribution is 2.34. The van der Waals surface area contributed by atoms with E-state index in [1.54, 1.807) is 0 Å². The molecule has 0 bridgehead atoms. The Kier molecular flexibility index (Phi) is 7.78. The average molecular weight is 456 g/mol. The number of rotatable bonds is 10. The van der Waals surface area contributed by atoms with Crippen molar-refractivity contribution in [3.8, 4) is 22.9 Å². The van der Waals surface area contributed by atoms with Crippen molar-refractivity contribution >= 4 is 0 Å². The first-order chi connectivity index (χ1) is 16.5. The molecular weight excluding hydrogens is 422 g/mol. The first kappa shape index (κ1) is 23.7. The summed E-state index contributed by atoms with van der Waals surface area (Å²) in [6, 6.07) is 30.4. The molecule has 5 nitrogen and oxygen atoms in total. The highest BCUT2D eigenvalue weighted by atomic mass is 16.5. The number of ether oxygens (including phenoxy) is 1. The maximum Gasteiger partial charge on any atom is 0.222 e. The molecule has 0 spiro atoms. The monoisotopic (exact) mass is 455 g/mol. The van der Waals surface area contributed by atoms with Crippen molar-refractivity contribution in [1.82, 2.24) is 14.7 Å². The molecule has 176 valence electrons. The summed E-state index contributed by atoms with van der Waals surface area (Å²) in [6.07, 6.45) is 0.149. The Morgan fingerprint density at radius 2 is 1.47 bits per heavy atom.